The molecule has 0 saturated carbocycles. The molecule has 29 heavy (non-hydrogen) atoms. The predicted molar refractivity (Wildman–Crippen MR) is 112 cm³/mol. The summed E-state index contributed by atoms with van der Waals surface area (Å²) in [6.07, 6.45) is -0.439. The average Bonchev–Trinajstić information content (AvgIpc) is 2.67. The second kappa shape index (κ2) is 9.17. The Hall–Kier alpha value is -2.75. The first kappa shape index (κ1) is 22.5. The average molecular weight is 424 g/mol. The number of carbonyl (C=O) groups excluding carboxylic acids is 3. The lowest BCUT2D eigenvalue weighted by atomic mass is 10.1. The highest BCUT2D eigenvalue weighted by Gasteiger charge is 2.32. The maximum absolute atomic E-state index is 12.7. The minimum absolute atomic E-state index is 0.149. The molecule has 0 aliphatic carbocycles. The lowest BCUT2D eigenvalue weighted by molar-refractivity contribution is -0.149. The Morgan fingerprint density at radius 3 is 2.62 bits per heavy atom. The van der Waals surface area contributed by atoms with Gasteiger partial charge in [-0.3, -0.25) is 4.79 Å². The molecule has 0 aromatic heterocycles. The minimum atomic E-state index is -0.712. The number of hydrogen-bond donors (Lipinski definition) is 3. The molecule has 10 heteroatoms. The molecule has 0 radical (unpaired) electrons. The summed E-state index contributed by atoms with van der Waals surface area (Å²) in [4.78, 5) is 38.2. The molecular formula is C19H27N4O5S+. The van der Waals surface area contributed by atoms with Gasteiger partial charge in [0.1, 0.15) is 10.9 Å². The molecule has 1 aromatic rings. The normalized spacial score (nSPS) is 16.7. The van der Waals surface area contributed by atoms with Crippen LogP contribution in [0.1, 0.15) is 26.3 Å². The summed E-state index contributed by atoms with van der Waals surface area (Å²) in [5, 5.41) is 8.11. The van der Waals surface area contributed by atoms with Crippen LogP contribution in [0, 0.1) is 0 Å². The number of benzene rings is 1. The number of nitrogens with one attached hydrogen (secondary N) is 1. The molecule has 1 aliphatic heterocycles. The first-order chi connectivity index (χ1) is 13.5. The summed E-state index contributed by atoms with van der Waals surface area (Å²) < 4.78 is 9.99. The number of amides is 2. The molecule has 1 atom stereocenters. The van der Waals surface area contributed by atoms with Crippen LogP contribution in [-0.2, 0) is 19.1 Å². The standard InChI is InChI=1S/C19H26N4O5S/c1-19(2,3)28-18(26)23-7-8-29-14(10-23)16(24)22-11-5-6-13(20)12(9-11)15(21)17(25)27-4/h5-6,9,14,21H,7-8,10,20H2,1-4H3,(H,22,24)/p+1. The van der Waals surface area contributed by atoms with E-state index in [1.807, 2.05) is 0 Å². The highest BCUT2D eigenvalue weighted by Crippen LogP contribution is 2.24. The molecule has 1 saturated heterocycles. The molecule has 5 N–H and O–H groups in total. The van der Waals surface area contributed by atoms with Crippen molar-refractivity contribution in [2.45, 2.75) is 31.6 Å². The van der Waals surface area contributed by atoms with Crippen LogP contribution < -0.4 is 16.5 Å². The molecule has 158 valence electrons. The van der Waals surface area contributed by atoms with E-state index in [2.05, 4.69) is 10.1 Å². The van der Waals surface area contributed by atoms with Gasteiger partial charge in [0.05, 0.1) is 12.7 Å². The monoisotopic (exact) mass is 423 g/mol. The summed E-state index contributed by atoms with van der Waals surface area (Å²) in [6, 6.07) is 4.67. The topological polar surface area (TPSA) is 137 Å². The third-order valence-electron chi connectivity index (χ3n) is 4.03. The Balaban J connectivity index is 2.07. The predicted octanol–water partition coefficient (Wildman–Crippen LogP) is 0.281. The van der Waals surface area contributed by atoms with Crippen molar-refractivity contribution in [3.8, 4) is 0 Å². The van der Waals surface area contributed by atoms with Gasteiger partial charge in [-0.25, -0.2) is 15.0 Å². The third-order valence-corrected chi connectivity index (χ3v) is 5.21. The molecule has 0 bridgehead atoms. The molecule has 1 aromatic carbocycles. The third kappa shape index (κ3) is 6.11. The molecule has 1 fully saturated rings. The van der Waals surface area contributed by atoms with E-state index in [0.717, 1.165) is 0 Å². The molecule has 1 heterocycles. The van der Waals surface area contributed by atoms with Crippen LogP contribution in [0.5, 0.6) is 0 Å². The van der Waals surface area contributed by atoms with Gasteiger partial charge in [-0.15, -0.1) is 11.8 Å². The van der Waals surface area contributed by atoms with Crippen molar-refractivity contribution in [1.29, 1.82) is 0 Å². The maximum Gasteiger partial charge on any atom is 0.410 e. The van der Waals surface area contributed by atoms with Gasteiger partial charge in [0.25, 0.3) is 5.71 Å². The van der Waals surface area contributed by atoms with E-state index in [1.165, 1.54) is 29.8 Å². The van der Waals surface area contributed by atoms with E-state index in [-0.39, 0.29) is 29.4 Å². The highest BCUT2D eigenvalue weighted by atomic mass is 32.2. The van der Waals surface area contributed by atoms with Gasteiger partial charge in [0.2, 0.25) is 5.91 Å². The van der Waals surface area contributed by atoms with Crippen molar-refractivity contribution >= 4 is 46.8 Å². The lowest BCUT2D eigenvalue weighted by Gasteiger charge is -2.33. The van der Waals surface area contributed by atoms with Crippen molar-refractivity contribution in [3.05, 3.63) is 23.8 Å². The first-order valence-corrected chi connectivity index (χ1v) is 10.1. The van der Waals surface area contributed by atoms with Crippen molar-refractivity contribution < 1.29 is 29.3 Å². The number of carbonyl (C=O) groups is 3. The Morgan fingerprint density at radius 2 is 2.00 bits per heavy atom. The zero-order chi connectivity index (χ0) is 21.8. The van der Waals surface area contributed by atoms with E-state index in [1.54, 1.807) is 32.9 Å². The second-order valence-corrected chi connectivity index (χ2v) is 8.79. The molecular weight excluding hydrogens is 396 g/mol. The number of thioether (sulfide) groups is 1. The summed E-state index contributed by atoms with van der Waals surface area (Å²) >= 11 is 1.46. The van der Waals surface area contributed by atoms with Crippen molar-refractivity contribution in [2.24, 2.45) is 0 Å². The number of esters is 1. The number of methoxy groups -OCH3 is 1. The number of nitrogens with zero attached hydrogens (tertiary/aromatic N) is 1. The van der Waals surface area contributed by atoms with Crippen LogP contribution in [0.15, 0.2) is 18.2 Å². The highest BCUT2D eigenvalue weighted by molar-refractivity contribution is 8.00. The lowest BCUT2D eigenvalue weighted by Crippen LogP contribution is -2.47. The fourth-order valence-corrected chi connectivity index (χ4v) is 3.72. The van der Waals surface area contributed by atoms with Crippen molar-refractivity contribution in [2.75, 3.05) is 37.0 Å². The smallest absolute Gasteiger partial charge is 0.410 e. The fourth-order valence-electron chi connectivity index (χ4n) is 2.61. The number of nitrogens with two attached hydrogens (primary N) is 2. The van der Waals surface area contributed by atoms with E-state index in [0.29, 0.717) is 18.0 Å². The molecule has 9 nitrogen and oxygen atoms in total. The van der Waals surface area contributed by atoms with Crippen LogP contribution in [0.4, 0.5) is 16.2 Å². The number of nitrogen functional groups attached to an aromatic ring is 1. The van der Waals surface area contributed by atoms with Crippen LogP contribution >= 0.6 is 11.8 Å². The van der Waals surface area contributed by atoms with E-state index < -0.39 is 22.9 Å². The first-order valence-electron chi connectivity index (χ1n) is 9.03. The molecule has 2 amide bonds. The molecule has 0 spiro atoms. The summed E-state index contributed by atoms with van der Waals surface area (Å²) in [5.74, 6) is -0.362. The summed E-state index contributed by atoms with van der Waals surface area (Å²) in [5.41, 5.74) is 6.12. The van der Waals surface area contributed by atoms with Crippen LogP contribution in [0.3, 0.4) is 0 Å². The van der Waals surface area contributed by atoms with E-state index >= 15 is 0 Å². The van der Waals surface area contributed by atoms with Gasteiger partial charge in [-0.05, 0) is 39.0 Å². The molecule has 2 rings (SSSR count). The van der Waals surface area contributed by atoms with Gasteiger partial charge < -0.3 is 25.4 Å². The van der Waals surface area contributed by atoms with Crippen LogP contribution in [0.2, 0.25) is 0 Å². The second-order valence-electron chi connectivity index (χ2n) is 7.48. The SMILES string of the molecule is COC(=O)C(=[NH2+])c1cc(NC(=O)C2CN(C(=O)OC(C)(C)C)CCS2)ccc1N. The van der Waals surface area contributed by atoms with Gasteiger partial charge >= 0.3 is 12.1 Å². The van der Waals surface area contributed by atoms with E-state index in [9.17, 15) is 14.4 Å². The molecule has 1 unspecified atom stereocenters. The van der Waals surface area contributed by atoms with E-state index in [4.69, 9.17) is 15.9 Å². The van der Waals surface area contributed by atoms with Gasteiger partial charge in [0, 0.05) is 30.2 Å². The van der Waals surface area contributed by atoms with Gasteiger partial charge in [-0.2, -0.15) is 0 Å². The number of anilines is 2. The summed E-state index contributed by atoms with van der Waals surface area (Å²) in [6.45, 7) is 6.14. The largest absolute Gasteiger partial charge is 0.461 e. The quantitative estimate of drug-likeness (QED) is 0.359. The van der Waals surface area contributed by atoms with Gasteiger partial charge in [-0.1, -0.05) is 0 Å². The number of ether oxygens (including phenoxy) is 2. The van der Waals surface area contributed by atoms with Gasteiger partial charge in [0.15, 0.2) is 0 Å². The Labute approximate surface area is 173 Å². The number of rotatable bonds is 4. The fraction of sp³-hybridized carbons (Fsp3) is 0.474. The zero-order valence-electron chi connectivity index (χ0n) is 17.0. The Morgan fingerprint density at radius 1 is 1.31 bits per heavy atom. The number of hydrogen-bond acceptors (Lipinski definition) is 7. The molecule has 1 aliphatic rings. The van der Waals surface area contributed by atoms with Crippen LogP contribution in [-0.4, -0.2) is 65.4 Å². The Bertz CT molecular complexity index is 821. The maximum atomic E-state index is 12.7. The Kier molecular flexibility index (Phi) is 7.12. The van der Waals surface area contributed by atoms with Crippen molar-refractivity contribution in [1.82, 2.24) is 4.90 Å². The summed E-state index contributed by atoms with van der Waals surface area (Å²) in [7, 11) is 1.22. The van der Waals surface area contributed by atoms with Crippen LogP contribution in [0.25, 0.3) is 0 Å². The van der Waals surface area contributed by atoms with Crippen molar-refractivity contribution in [3.63, 3.8) is 0 Å². The minimum Gasteiger partial charge on any atom is -0.461 e. The zero-order valence-corrected chi connectivity index (χ0v) is 17.8.